The van der Waals surface area contributed by atoms with Gasteiger partial charge >= 0.3 is 0 Å². The molecule has 3 rings (SSSR count). The maximum Gasteiger partial charge on any atom is 0.129 e. The van der Waals surface area contributed by atoms with Crippen molar-refractivity contribution in [2.45, 2.75) is 25.8 Å². The number of furan rings is 1. The second-order valence-corrected chi connectivity index (χ2v) is 7.16. The van der Waals surface area contributed by atoms with Gasteiger partial charge in [0, 0.05) is 24.5 Å². The highest BCUT2D eigenvalue weighted by Crippen LogP contribution is 2.15. The van der Waals surface area contributed by atoms with Crippen LogP contribution in [-0.2, 0) is 24.4 Å². The highest BCUT2D eigenvalue weighted by atomic mass is 32.1. The zero-order valence-corrected chi connectivity index (χ0v) is 15.2. The third kappa shape index (κ3) is 6.07. The van der Waals surface area contributed by atoms with Crippen molar-refractivity contribution in [1.82, 2.24) is 4.90 Å². The van der Waals surface area contributed by atoms with Gasteiger partial charge in [-0.3, -0.25) is 4.90 Å². The number of benzene rings is 1. The van der Waals surface area contributed by atoms with Crippen LogP contribution >= 0.6 is 11.3 Å². The van der Waals surface area contributed by atoms with E-state index >= 15 is 0 Å². The SMILES string of the molecule is O[C@H](COCc1ccco1)CN(Cc1ccc(F)cc1)Cc1cccs1. The van der Waals surface area contributed by atoms with Crippen LogP contribution in [-0.4, -0.2) is 29.3 Å². The summed E-state index contributed by atoms with van der Waals surface area (Å²) in [5.41, 5.74) is 1.01. The second-order valence-electron chi connectivity index (χ2n) is 6.12. The molecule has 2 aromatic heterocycles. The van der Waals surface area contributed by atoms with E-state index in [1.165, 1.54) is 17.0 Å². The molecule has 1 aromatic carbocycles. The summed E-state index contributed by atoms with van der Waals surface area (Å²) in [6.45, 7) is 2.39. The molecule has 138 valence electrons. The zero-order chi connectivity index (χ0) is 18.2. The van der Waals surface area contributed by atoms with Gasteiger partial charge in [0.2, 0.25) is 0 Å². The fourth-order valence-corrected chi connectivity index (χ4v) is 3.44. The molecule has 1 N–H and O–H groups in total. The Kier molecular flexibility index (Phi) is 6.96. The first-order valence-corrected chi connectivity index (χ1v) is 9.34. The van der Waals surface area contributed by atoms with Crippen LogP contribution in [0.15, 0.2) is 64.6 Å². The summed E-state index contributed by atoms with van der Waals surface area (Å²) in [6.07, 6.45) is 0.978. The minimum Gasteiger partial charge on any atom is -0.467 e. The number of ether oxygens (including phenoxy) is 1. The highest BCUT2D eigenvalue weighted by Gasteiger charge is 2.14. The van der Waals surface area contributed by atoms with Gasteiger partial charge in [0.05, 0.1) is 19.0 Å². The first-order valence-electron chi connectivity index (χ1n) is 8.46. The zero-order valence-electron chi connectivity index (χ0n) is 14.4. The Hall–Kier alpha value is -1.99. The molecule has 2 heterocycles. The van der Waals surface area contributed by atoms with Crippen LogP contribution in [0.5, 0.6) is 0 Å². The summed E-state index contributed by atoms with van der Waals surface area (Å²) in [4.78, 5) is 3.36. The molecule has 0 aliphatic rings. The first kappa shape index (κ1) is 18.8. The van der Waals surface area contributed by atoms with E-state index < -0.39 is 6.10 Å². The number of nitrogens with zero attached hydrogens (tertiary/aromatic N) is 1. The van der Waals surface area contributed by atoms with Gasteiger partial charge in [-0.1, -0.05) is 18.2 Å². The normalized spacial score (nSPS) is 12.6. The summed E-state index contributed by atoms with van der Waals surface area (Å²) in [5, 5.41) is 12.4. The van der Waals surface area contributed by atoms with E-state index in [1.54, 1.807) is 35.8 Å². The number of halogens is 1. The number of thiophene rings is 1. The minimum atomic E-state index is -0.620. The van der Waals surface area contributed by atoms with Gasteiger partial charge < -0.3 is 14.3 Å². The van der Waals surface area contributed by atoms with Gasteiger partial charge in [-0.15, -0.1) is 11.3 Å². The molecule has 0 bridgehead atoms. The van der Waals surface area contributed by atoms with Crippen molar-refractivity contribution in [3.8, 4) is 0 Å². The van der Waals surface area contributed by atoms with E-state index in [0.717, 1.165) is 17.9 Å². The Balaban J connectivity index is 1.54. The molecule has 26 heavy (non-hydrogen) atoms. The Labute approximate surface area is 156 Å². The topological polar surface area (TPSA) is 45.8 Å². The number of aliphatic hydroxyl groups excluding tert-OH is 1. The molecule has 0 fully saturated rings. The van der Waals surface area contributed by atoms with Crippen molar-refractivity contribution >= 4 is 11.3 Å². The van der Waals surface area contributed by atoms with Gasteiger partial charge in [0.25, 0.3) is 0 Å². The molecule has 1 atom stereocenters. The minimum absolute atomic E-state index is 0.227. The molecular formula is C20H22FNO3S. The van der Waals surface area contributed by atoms with Crippen LogP contribution in [0.2, 0.25) is 0 Å². The summed E-state index contributed by atoms with van der Waals surface area (Å²) < 4.78 is 23.9. The van der Waals surface area contributed by atoms with Crippen LogP contribution in [0.1, 0.15) is 16.2 Å². The average molecular weight is 375 g/mol. The number of rotatable bonds is 10. The van der Waals surface area contributed by atoms with Crippen molar-refractivity contribution in [2.75, 3.05) is 13.2 Å². The van der Waals surface area contributed by atoms with Crippen molar-refractivity contribution in [2.24, 2.45) is 0 Å². The Bertz CT molecular complexity index is 744. The molecule has 0 radical (unpaired) electrons. The smallest absolute Gasteiger partial charge is 0.129 e. The van der Waals surface area contributed by atoms with E-state index in [9.17, 15) is 9.50 Å². The molecule has 0 amide bonds. The lowest BCUT2D eigenvalue weighted by molar-refractivity contribution is 0.00268. The van der Waals surface area contributed by atoms with Gasteiger partial charge in [-0.05, 0) is 41.3 Å². The van der Waals surface area contributed by atoms with Crippen molar-refractivity contribution in [3.05, 3.63) is 82.2 Å². The largest absolute Gasteiger partial charge is 0.467 e. The molecule has 3 aromatic rings. The van der Waals surface area contributed by atoms with Gasteiger partial charge in [0.1, 0.15) is 18.2 Å². The average Bonchev–Trinajstić information content (AvgIpc) is 3.31. The van der Waals surface area contributed by atoms with E-state index in [2.05, 4.69) is 11.0 Å². The maximum absolute atomic E-state index is 13.1. The van der Waals surface area contributed by atoms with E-state index in [0.29, 0.717) is 19.7 Å². The third-order valence-corrected chi connectivity index (χ3v) is 4.74. The Morgan fingerprint density at radius 1 is 1.12 bits per heavy atom. The van der Waals surface area contributed by atoms with Gasteiger partial charge in [0.15, 0.2) is 0 Å². The molecule has 0 aliphatic heterocycles. The molecule has 0 saturated heterocycles. The summed E-state index contributed by atoms with van der Waals surface area (Å²) >= 11 is 1.68. The standard InChI is InChI=1S/C20H22FNO3S/c21-17-7-5-16(6-8-17)11-22(13-20-4-2-10-26-20)12-18(23)14-24-15-19-3-1-9-25-19/h1-10,18,23H,11-15H2/t18-/m0/s1. The fraction of sp³-hybridized carbons (Fsp3) is 0.300. The van der Waals surface area contributed by atoms with E-state index in [1.807, 2.05) is 17.5 Å². The molecule has 0 spiro atoms. The van der Waals surface area contributed by atoms with Gasteiger partial charge in [-0.25, -0.2) is 4.39 Å². The maximum atomic E-state index is 13.1. The lowest BCUT2D eigenvalue weighted by Crippen LogP contribution is -2.34. The number of hydrogen-bond donors (Lipinski definition) is 1. The number of aliphatic hydroxyl groups is 1. The fourth-order valence-electron chi connectivity index (χ4n) is 2.70. The Morgan fingerprint density at radius 3 is 2.65 bits per heavy atom. The quantitative estimate of drug-likeness (QED) is 0.580. The summed E-state index contributed by atoms with van der Waals surface area (Å²) in [6, 6.07) is 14.2. The first-order chi connectivity index (χ1) is 12.7. The summed E-state index contributed by atoms with van der Waals surface area (Å²) in [5.74, 6) is 0.490. The molecule has 6 heteroatoms. The number of hydrogen-bond acceptors (Lipinski definition) is 5. The Morgan fingerprint density at radius 2 is 1.96 bits per heavy atom. The van der Waals surface area contributed by atoms with Crippen molar-refractivity contribution < 1.29 is 18.7 Å². The predicted molar refractivity (Wildman–Crippen MR) is 99.2 cm³/mol. The lowest BCUT2D eigenvalue weighted by Gasteiger charge is -2.24. The van der Waals surface area contributed by atoms with E-state index in [4.69, 9.17) is 9.15 Å². The van der Waals surface area contributed by atoms with Crippen LogP contribution in [0, 0.1) is 5.82 Å². The molecule has 0 aliphatic carbocycles. The molecule has 0 unspecified atom stereocenters. The second kappa shape index (κ2) is 9.64. The molecular weight excluding hydrogens is 353 g/mol. The highest BCUT2D eigenvalue weighted by molar-refractivity contribution is 7.09. The summed E-state index contributed by atoms with van der Waals surface area (Å²) in [7, 11) is 0. The van der Waals surface area contributed by atoms with Crippen LogP contribution < -0.4 is 0 Å². The van der Waals surface area contributed by atoms with Crippen molar-refractivity contribution in [1.29, 1.82) is 0 Å². The van der Waals surface area contributed by atoms with E-state index in [-0.39, 0.29) is 12.4 Å². The molecule has 0 saturated carbocycles. The van der Waals surface area contributed by atoms with Crippen LogP contribution in [0.3, 0.4) is 0 Å². The van der Waals surface area contributed by atoms with Crippen LogP contribution in [0.25, 0.3) is 0 Å². The monoisotopic (exact) mass is 375 g/mol. The van der Waals surface area contributed by atoms with Crippen molar-refractivity contribution in [3.63, 3.8) is 0 Å². The van der Waals surface area contributed by atoms with Crippen LogP contribution in [0.4, 0.5) is 4.39 Å². The lowest BCUT2D eigenvalue weighted by atomic mass is 10.2. The predicted octanol–water partition coefficient (Wildman–Crippen LogP) is 4.06. The third-order valence-electron chi connectivity index (χ3n) is 3.88. The molecule has 4 nitrogen and oxygen atoms in total. The van der Waals surface area contributed by atoms with Gasteiger partial charge in [-0.2, -0.15) is 0 Å².